The van der Waals surface area contributed by atoms with Crippen LogP contribution in [-0.2, 0) is 6.42 Å². The van der Waals surface area contributed by atoms with Crippen molar-refractivity contribution in [1.82, 2.24) is 0 Å². The highest BCUT2D eigenvalue weighted by molar-refractivity contribution is 6.29. The molecule has 0 spiro atoms. The molecule has 1 aromatic carbocycles. The Morgan fingerprint density at radius 2 is 2.11 bits per heavy atom. The minimum Gasteiger partial charge on any atom is -0.490 e. The van der Waals surface area contributed by atoms with Gasteiger partial charge in [0.15, 0.2) is 11.5 Å². The molecule has 1 rings (SSSR count). The van der Waals surface area contributed by atoms with Crippen molar-refractivity contribution in [2.75, 3.05) is 13.2 Å². The van der Waals surface area contributed by atoms with Crippen molar-refractivity contribution in [2.24, 2.45) is 5.73 Å². The third-order valence-corrected chi connectivity index (χ3v) is 2.85. The van der Waals surface area contributed by atoms with Crippen LogP contribution in [0.2, 0.25) is 0 Å². The quantitative estimate of drug-likeness (QED) is 0.794. The molecule has 0 radical (unpaired) electrons. The predicted molar refractivity (Wildman–Crippen MR) is 80.1 cm³/mol. The summed E-state index contributed by atoms with van der Waals surface area (Å²) < 4.78 is 11.3. The van der Waals surface area contributed by atoms with Crippen LogP contribution in [0.15, 0.2) is 29.8 Å². The van der Waals surface area contributed by atoms with Gasteiger partial charge in [-0.15, -0.1) is 0 Å². The van der Waals surface area contributed by atoms with Crippen LogP contribution in [0, 0.1) is 0 Å². The van der Waals surface area contributed by atoms with E-state index in [9.17, 15) is 0 Å². The second-order valence-electron chi connectivity index (χ2n) is 4.36. The first-order valence-electron chi connectivity index (χ1n) is 6.54. The number of halogens is 1. The molecule has 0 heterocycles. The summed E-state index contributed by atoms with van der Waals surface area (Å²) in [6.07, 6.45) is 1.67. The van der Waals surface area contributed by atoms with E-state index < -0.39 is 0 Å². The van der Waals surface area contributed by atoms with Gasteiger partial charge in [-0.3, -0.25) is 0 Å². The Labute approximate surface area is 120 Å². The van der Waals surface area contributed by atoms with Crippen molar-refractivity contribution in [2.45, 2.75) is 32.7 Å². The summed E-state index contributed by atoms with van der Waals surface area (Å²) in [7, 11) is 0. The summed E-state index contributed by atoms with van der Waals surface area (Å²) in [6, 6.07) is 5.95. The molecule has 0 aliphatic rings. The van der Waals surface area contributed by atoms with E-state index in [1.807, 2.05) is 25.1 Å². The second kappa shape index (κ2) is 8.08. The van der Waals surface area contributed by atoms with E-state index >= 15 is 0 Å². The third-order valence-electron chi connectivity index (χ3n) is 2.74. The zero-order chi connectivity index (χ0) is 14.3. The summed E-state index contributed by atoms with van der Waals surface area (Å²) in [4.78, 5) is 0. The van der Waals surface area contributed by atoms with Gasteiger partial charge in [0.05, 0.1) is 6.61 Å². The summed E-state index contributed by atoms with van der Waals surface area (Å²) in [6.45, 7) is 8.48. The van der Waals surface area contributed by atoms with Gasteiger partial charge in [-0.25, -0.2) is 0 Å². The predicted octanol–water partition coefficient (Wildman–Crippen LogP) is 3.50. The maximum atomic E-state index is 6.01. The minimum absolute atomic E-state index is 0.110. The number of hydrogen-bond donors (Lipinski definition) is 1. The van der Waals surface area contributed by atoms with Gasteiger partial charge in [0, 0.05) is 11.1 Å². The third kappa shape index (κ3) is 5.13. The summed E-state index contributed by atoms with van der Waals surface area (Å²) in [5.41, 5.74) is 7.05. The molecule has 106 valence electrons. The summed E-state index contributed by atoms with van der Waals surface area (Å²) in [5, 5.41) is 0.456. The average molecular weight is 284 g/mol. The van der Waals surface area contributed by atoms with Gasteiger partial charge in [-0.05, 0) is 31.4 Å². The van der Waals surface area contributed by atoms with Gasteiger partial charge in [-0.2, -0.15) is 0 Å². The fraction of sp³-hybridized carbons (Fsp3) is 0.467. The highest BCUT2D eigenvalue weighted by Gasteiger charge is 2.13. The Morgan fingerprint density at radius 3 is 2.68 bits per heavy atom. The van der Waals surface area contributed by atoms with Crippen LogP contribution in [0.1, 0.15) is 25.8 Å². The largest absolute Gasteiger partial charge is 0.490 e. The molecule has 0 saturated heterocycles. The van der Waals surface area contributed by atoms with Gasteiger partial charge in [0.1, 0.15) is 6.61 Å². The lowest BCUT2D eigenvalue weighted by Crippen LogP contribution is -2.22. The molecule has 0 fully saturated rings. The minimum atomic E-state index is 0.110. The Morgan fingerprint density at radius 1 is 1.37 bits per heavy atom. The summed E-state index contributed by atoms with van der Waals surface area (Å²) in [5.74, 6) is 1.44. The first-order chi connectivity index (χ1) is 9.08. The van der Waals surface area contributed by atoms with E-state index in [4.69, 9.17) is 26.8 Å². The van der Waals surface area contributed by atoms with Crippen molar-refractivity contribution >= 4 is 11.6 Å². The highest BCUT2D eigenvalue weighted by Crippen LogP contribution is 2.32. The Bertz CT molecular complexity index is 421. The molecule has 0 amide bonds. The zero-order valence-electron chi connectivity index (χ0n) is 11.6. The van der Waals surface area contributed by atoms with E-state index in [1.54, 1.807) is 0 Å². The molecule has 0 aliphatic heterocycles. The van der Waals surface area contributed by atoms with Crippen LogP contribution in [0.5, 0.6) is 11.5 Å². The smallest absolute Gasteiger partial charge is 0.164 e. The SMILES string of the molecule is C=C(Cl)COc1c(CC(N)CC)cccc1OCC. The second-order valence-corrected chi connectivity index (χ2v) is 4.89. The van der Waals surface area contributed by atoms with Crippen molar-refractivity contribution in [1.29, 1.82) is 0 Å². The molecular weight excluding hydrogens is 262 g/mol. The number of benzene rings is 1. The van der Waals surface area contributed by atoms with Crippen LogP contribution in [0.25, 0.3) is 0 Å². The molecule has 0 aromatic heterocycles. The lowest BCUT2D eigenvalue weighted by Gasteiger charge is -2.17. The van der Waals surface area contributed by atoms with E-state index in [2.05, 4.69) is 13.5 Å². The Balaban J connectivity index is 2.98. The molecule has 1 atom stereocenters. The standard InChI is InChI=1S/C15H22ClNO2/c1-4-13(17)9-12-7-6-8-14(18-5-2)15(12)19-10-11(3)16/h6-8,13H,3-5,9-10,17H2,1-2H3. The van der Waals surface area contributed by atoms with Gasteiger partial charge in [-0.1, -0.05) is 37.2 Å². The fourth-order valence-corrected chi connectivity index (χ4v) is 1.79. The molecule has 2 N–H and O–H groups in total. The average Bonchev–Trinajstić information content (AvgIpc) is 2.38. The Hall–Kier alpha value is -1.19. The van der Waals surface area contributed by atoms with Crippen molar-refractivity contribution in [3.05, 3.63) is 35.4 Å². The highest BCUT2D eigenvalue weighted by atomic mass is 35.5. The zero-order valence-corrected chi connectivity index (χ0v) is 12.4. The fourth-order valence-electron chi connectivity index (χ4n) is 1.73. The molecule has 0 bridgehead atoms. The van der Waals surface area contributed by atoms with Crippen LogP contribution in [0.3, 0.4) is 0 Å². The lowest BCUT2D eigenvalue weighted by atomic mass is 10.0. The van der Waals surface area contributed by atoms with E-state index in [0.29, 0.717) is 11.6 Å². The van der Waals surface area contributed by atoms with Crippen LogP contribution >= 0.6 is 11.6 Å². The first kappa shape index (κ1) is 15.9. The van der Waals surface area contributed by atoms with Gasteiger partial charge < -0.3 is 15.2 Å². The molecular formula is C15H22ClNO2. The summed E-state index contributed by atoms with van der Waals surface area (Å²) >= 11 is 5.76. The van der Waals surface area contributed by atoms with E-state index in [0.717, 1.165) is 29.9 Å². The first-order valence-corrected chi connectivity index (χ1v) is 6.92. The Kier molecular flexibility index (Phi) is 6.74. The van der Waals surface area contributed by atoms with Gasteiger partial charge in [0.25, 0.3) is 0 Å². The maximum absolute atomic E-state index is 6.01. The lowest BCUT2D eigenvalue weighted by molar-refractivity contribution is 0.293. The van der Waals surface area contributed by atoms with E-state index in [1.165, 1.54) is 0 Å². The van der Waals surface area contributed by atoms with Crippen LogP contribution < -0.4 is 15.2 Å². The maximum Gasteiger partial charge on any atom is 0.164 e. The van der Waals surface area contributed by atoms with Gasteiger partial charge >= 0.3 is 0 Å². The van der Waals surface area contributed by atoms with Crippen molar-refractivity contribution < 1.29 is 9.47 Å². The van der Waals surface area contributed by atoms with E-state index in [-0.39, 0.29) is 12.6 Å². The molecule has 4 heteroatoms. The van der Waals surface area contributed by atoms with Crippen LogP contribution in [-0.4, -0.2) is 19.3 Å². The molecule has 0 aliphatic carbocycles. The molecule has 0 saturated carbocycles. The molecule has 19 heavy (non-hydrogen) atoms. The van der Waals surface area contributed by atoms with Gasteiger partial charge in [0.2, 0.25) is 0 Å². The monoisotopic (exact) mass is 283 g/mol. The van der Waals surface area contributed by atoms with Crippen molar-refractivity contribution in [3.8, 4) is 11.5 Å². The number of nitrogens with two attached hydrogens (primary N) is 1. The topological polar surface area (TPSA) is 44.5 Å². The number of para-hydroxylation sites is 1. The number of hydrogen-bond acceptors (Lipinski definition) is 3. The number of rotatable bonds is 8. The van der Waals surface area contributed by atoms with Crippen molar-refractivity contribution in [3.63, 3.8) is 0 Å². The number of ether oxygens (including phenoxy) is 2. The van der Waals surface area contributed by atoms with Crippen LogP contribution in [0.4, 0.5) is 0 Å². The molecule has 1 aromatic rings. The normalized spacial score (nSPS) is 12.0. The molecule has 3 nitrogen and oxygen atoms in total. The molecule has 1 unspecified atom stereocenters.